The van der Waals surface area contributed by atoms with Gasteiger partial charge in [0.15, 0.2) is 6.10 Å². The van der Waals surface area contributed by atoms with E-state index < -0.39 is 6.10 Å². The van der Waals surface area contributed by atoms with Crippen molar-refractivity contribution in [2.24, 2.45) is 0 Å². The third-order valence-electron chi connectivity index (χ3n) is 2.45. The van der Waals surface area contributed by atoms with Gasteiger partial charge in [-0.25, -0.2) is 0 Å². The summed E-state index contributed by atoms with van der Waals surface area (Å²) in [6.45, 7) is 3.85. The second kappa shape index (κ2) is 7.46. The van der Waals surface area contributed by atoms with E-state index in [1.807, 2.05) is 0 Å². The molecule has 0 bridgehead atoms. The zero-order chi connectivity index (χ0) is 13.0. The molecule has 0 saturated carbocycles. The first-order chi connectivity index (χ1) is 8.02. The fourth-order valence-corrected chi connectivity index (χ4v) is 1.73. The monoisotopic (exact) mass is 293 g/mol. The van der Waals surface area contributed by atoms with Gasteiger partial charge in [-0.15, -0.1) is 12.4 Å². The Bertz CT molecular complexity index is 424. The van der Waals surface area contributed by atoms with Gasteiger partial charge in [0.25, 0.3) is 0 Å². The van der Waals surface area contributed by atoms with Gasteiger partial charge in [-0.3, -0.25) is 5.41 Å². The summed E-state index contributed by atoms with van der Waals surface area (Å²) in [5.41, 5.74) is 1.15. The minimum atomic E-state index is -1.16. The maximum Gasteiger partial charge on any atom is 0.215 e. The normalized spacial score (nSPS) is 11.4. The molecule has 0 aromatic heterocycles. The zero-order valence-electron chi connectivity index (χ0n) is 10.5. The molecule has 0 saturated heterocycles. The zero-order valence-corrected chi connectivity index (χ0v) is 12.1. The van der Waals surface area contributed by atoms with E-state index >= 15 is 0 Å². The van der Waals surface area contributed by atoms with Crippen molar-refractivity contribution in [1.82, 2.24) is 0 Å². The Morgan fingerprint density at radius 3 is 2.61 bits per heavy atom. The van der Waals surface area contributed by atoms with Crippen molar-refractivity contribution in [3.8, 4) is 5.75 Å². The van der Waals surface area contributed by atoms with E-state index in [9.17, 15) is 5.11 Å². The molecule has 0 heterocycles. The third kappa shape index (κ3) is 3.51. The largest absolute Gasteiger partial charge is 0.496 e. The quantitative estimate of drug-likeness (QED) is 0.662. The molecule has 18 heavy (non-hydrogen) atoms. The number of aliphatic hydroxyl groups is 1. The van der Waals surface area contributed by atoms with Crippen LogP contribution >= 0.6 is 24.0 Å². The second-order valence-electron chi connectivity index (χ2n) is 3.49. The molecular weight excluding hydrogens is 277 g/mol. The Balaban J connectivity index is 0.00000289. The van der Waals surface area contributed by atoms with Crippen LogP contribution in [0, 0.1) is 12.3 Å². The number of nitrogens with one attached hydrogen (secondary N) is 1. The van der Waals surface area contributed by atoms with Gasteiger partial charge in [-0.2, -0.15) is 0 Å². The fraction of sp³-hybridized carbons (Fsp3) is 0.417. The highest BCUT2D eigenvalue weighted by Gasteiger charge is 2.22. The number of hydrogen-bond donors (Lipinski definition) is 2. The van der Waals surface area contributed by atoms with Crippen molar-refractivity contribution in [1.29, 1.82) is 5.41 Å². The van der Waals surface area contributed by atoms with E-state index in [0.29, 0.717) is 28.5 Å². The molecule has 102 valence electrons. The molecule has 2 N–H and O–H groups in total. The number of rotatable bonds is 4. The van der Waals surface area contributed by atoms with Crippen molar-refractivity contribution in [2.45, 2.75) is 20.0 Å². The van der Waals surface area contributed by atoms with Crippen LogP contribution in [0.3, 0.4) is 0 Å². The van der Waals surface area contributed by atoms with Crippen molar-refractivity contribution in [2.75, 3.05) is 13.7 Å². The number of aliphatic hydroxyl groups excluding tert-OH is 1. The van der Waals surface area contributed by atoms with E-state index in [1.54, 1.807) is 26.0 Å². The molecule has 0 aliphatic rings. The van der Waals surface area contributed by atoms with Crippen LogP contribution in [0.2, 0.25) is 5.02 Å². The van der Waals surface area contributed by atoms with E-state index in [0.717, 1.165) is 0 Å². The first-order valence-electron chi connectivity index (χ1n) is 5.25. The van der Waals surface area contributed by atoms with Crippen LogP contribution in [0.4, 0.5) is 0 Å². The van der Waals surface area contributed by atoms with Crippen LogP contribution in [-0.4, -0.2) is 24.7 Å². The molecule has 0 fully saturated rings. The standard InChI is InChI=1S/C12H16ClNO3.ClH/c1-4-17-12(14)11(15)10-7(2)8(13)5-6-9(10)16-3;/h5-6,11,14-15H,4H2,1-3H3;1H. The number of benzene rings is 1. The SMILES string of the molecule is CCOC(=N)C(O)c1c(OC)ccc(Cl)c1C.Cl. The molecule has 0 radical (unpaired) electrons. The van der Waals surface area contributed by atoms with Crippen molar-refractivity contribution in [3.05, 3.63) is 28.3 Å². The van der Waals surface area contributed by atoms with Gasteiger partial charge in [0, 0.05) is 10.6 Å². The van der Waals surface area contributed by atoms with E-state index in [2.05, 4.69) is 0 Å². The Morgan fingerprint density at radius 1 is 1.50 bits per heavy atom. The summed E-state index contributed by atoms with van der Waals surface area (Å²) in [4.78, 5) is 0. The highest BCUT2D eigenvalue weighted by Crippen LogP contribution is 2.33. The van der Waals surface area contributed by atoms with E-state index in [-0.39, 0.29) is 18.3 Å². The average Bonchev–Trinajstić information content (AvgIpc) is 2.32. The predicted molar refractivity (Wildman–Crippen MR) is 74.3 cm³/mol. The molecule has 1 rings (SSSR count). The average molecular weight is 294 g/mol. The summed E-state index contributed by atoms with van der Waals surface area (Å²) in [6.07, 6.45) is -1.16. The van der Waals surface area contributed by atoms with Crippen molar-refractivity contribution in [3.63, 3.8) is 0 Å². The summed E-state index contributed by atoms with van der Waals surface area (Å²) >= 11 is 5.99. The molecule has 1 aromatic rings. The van der Waals surface area contributed by atoms with Crippen LogP contribution in [-0.2, 0) is 4.74 Å². The first-order valence-corrected chi connectivity index (χ1v) is 5.63. The molecular formula is C12H17Cl2NO3. The molecule has 0 spiro atoms. The summed E-state index contributed by atoms with van der Waals surface area (Å²) in [5.74, 6) is 0.278. The van der Waals surface area contributed by atoms with Gasteiger partial charge in [-0.1, -0.05) is 11.6 Å². The lowest BCUT2D eigenvalue weighted by Crippen LogP contribution is -2.16. The smallest absolute Gasteiger partial charge is 0.215 e. The van der Waals surface area contributed by atoms with E-state index in [1.165, 1.54) is 7.11 Å². The number of methoxy groups -OCH3 is 1. The molecule has 6 heteroatoms. The van der Waals surface area contributed by atoms with Crippen LogP contribution in [0.15, 0.2) is 12.1 Å². The van der Waals surface area contributed by atoms with Crippen LogP contribution in [0.1, 0.15) is 24.2 Å². The summed E-state index contributed by atoms with van der Waals surface area (Å²) in [5, 5.41) is 18.2. The Labute approximate surface area is 118 Å². The predicted octanol–water partition coefficient (Wildman–Crippen LogP) is 3.13. The van der Waals surface area contributed by atoms with Gasteiger partial charge in [0.1, 0.15) is 5.75 Å². The van der Waals surface area contributed by atoms with Gasteiger partial charge >= 0.3 is 0 Å². The summed E-state index contributed by atoms with van der Waals surface area (Å²) < 4.78 is 10.1. The summed E-state index contributed by atoms with van der Waals surface area (Å²) in [6, 6.07) is 3.35. The topological polar surface area (TPSA) is 62.5 Å². The maximum absolute atomic E-state index is 10.0. The Hall–Kier alpha value is -0.970. The molecule has 0 amide bonds. The van der Waals surface area contributed by atoms with Crippen LogP contribution in [0.5, 0.6) is 5.75 Å². The third-order valence-corrected chi connectivity index (χ3v) is 2.86. The molecule has 1 atom stereocenters. The van der Waals surface area contributed by atoms with Crippen LogP contribution in [0.25, 0.3) is 0 Å². The molecule has 4 nitrogen and oxygen atoms in total. The lowest BCUT2D eigenvalue weighted by molar-refractivity contribution is 0.186. The Kier molecular flexibility index (Phi) is 7.06. The fourth-order valence-electron chi connectivity index (χ4n) is 1.56. The molecule has 0 aliphatic heterocycles. The lowest BCUT2D eigenvalue weighted by atomic mass is 10.0. The highest BCUT2D eigenvalue weighted by atomic mass is 35.5. The minimum Gasteiger partial charge on any atom is -0.496 e. The lowest BCUT2D eigenvalue weighted by Gasteiger charge is -2.18. The Morgan fingerprint density at radius 2 is 2.11 bits per heavy atom. The molecule has 1 unspecified atom stereocenters. The van der Waals surface area contributed by atoms with Crippen molar-refractivity contribution >= 4 is 29.9 Å². The highest BCUT2D eigenvalue weighted by molar-refractivity contribution is 6.31. The second-order valence-corrected chi connectivity index (χ2v) is 3.90. The summed E-state index contributed by atoms with van der Waals surface area (Å²) in [7, 11) is 1.50. The maximum atomic E-state index is 10.0. The minimum absolute atomic E-state index is 0. The van der Waals surface area contributed by atoms with Gasteiger partial charge in [-0.05, 0) is 31.5 Å². The number of ether oxygens (including phenoxy) is 2. The first kappa shape index (κ1) is 17.0. The van der Waals surface area contributed by atoms with E-state index in [4.69, 9.17) is 26.5 Å². The number of halogens is 2. The van der Waals surface area contributed by atoms with Gasteiger partial charge < -0.3 is 14.6 Å². The van der Waals surface area contributed by atoms with Gasteiger partial charge in [0.2, 0.25) is 5.90 Å². The van der Waals surface area contributed by atoms with Gasteiger partial charge in [0.05, 0.1) is 13.7 Å². The van der Waals surface area contributed by atoms with Crippen LogP contribution < -0.4 is 4.74 Å². The molecule has 0 aliphatic carbocycles. The molecule has 1 aromatic carbocycles. The number of hydrogen-bond acceptors (Lipinski definition) is 4. The van der Waals surface area contributed by atoms with Crippen molar-refractivity contribution < 1.29 is 14.6 Å².